The van der Waals surface area contributed by atoms with E-state index in [1.807, 2.05) is 25.1 Å². The summed E-state index contributed by atoms with van der Waals surface area (Å²) in [6, 6.07) is 6.11. The van der Waals surface area contributed by atoms with Crippen molar-refractivity contribution >= 4 is 11.6 Å². The molecule has 0 amide bonds. The summed E-state index contributed by atoms with van der Waals surface area (Å²) in [5, 5.41) is 4.05. The molecule has 2 heteroatoms. The van der Waals surface area contributed by atoms with E-state index < -0.39 is 0 Å². The van der Waals surface area contributed by atoms with Crippen molar-refractivity contribution in [2.75, 3.05) is 6.54 Å². The predicted octanol–water partition coefficient (Wildman–Crippen LogP) is 2.92. The summed E-state index contributed by atoms with van der Waals surface area (Å²) in [6.07, 6.45) is 1.84. The SMILES string of the molecule is C=CCNCc1ccc(C)c(Cl)c1. The molecule has 0 radical (unpaired) electrons. The largest absolute Gasteiger partial charge is 0.309 e. The average Bonchev–Trinajstić information content (AvgIpc) is 2.12. The molecule has 0 bridgehead atoms. The van der Waals surface area contributed by atoms with E-state index in [1.165, 1.54) is 5.56 Å². The van der Waals surface area contributed by atoms with Crippen molar-refractivity contribution in [1.82, 2.24) is 5.32 Å². The van der Waals surface area contributed by atoms with Crippen LogP contribution in [0.5, 0.6) is 0 Å². The van der Waals surface area contributed by atoms with Crippen LogP contribution < -0.4 is 5.32 Å². The molecule has 0 aliphatic heterocycles. The summed E-state index contributed by atoms with van der Waals surface area (Å²) < 4.78 is 0. The van der Waals surface area contributed by atoms with E-state index in [2.05, 4.69) is 18.0 Å². The number of hydrogen-bond donors (Lipinski definition) is 1. The van der Waals surface area contributed by atoms with Gasteiger partial charge in [0.25, 0.3) is 0 Å². The Morgan fingerprint density at radius 1 is 1.54 bits per heavy atom. The van der Waals surface area contributed by atoms with E-state index >= 15 is 0 Å². The molecule has 1 aromatic rings. The predicted molar refractivity (Wildman–Crippen MR) is 58.1 cm³/mol. The third-order valence-electron chi connectivity index (χ3n) is 1.85. The Morgan fingerprint density at radius 2 is 2.31 bits per heavy atom. The lowest BCUT2D eigenvalue weighted by atomic mass is 10.1. The van der Waals surface area contributed by atoms with Gasteiger partial charge < -0.3 is 5.32 Å². The monoisotopic (exact) mass is 195 g/mol. The Kier molecular flexibility index (Phi) is 4.00. The summed E-state index contributed by atoms with van der Waals surface area (Å²) >= 11 is 5.98. The van der Waals surface area contributed by atoms with Crippen molar-refractivity contribution in [1.29, 1.82) is 0 Å². The summed E-state index contributed by atoms with van der Waals surface area (Å²) in [5.74, 6) is 0. The Balaban J connectivity index is 2.57. The summed E-state index contributed by atoms with van der Waals surface area (Å²) in [7, 11) is 0. The van der Waals surface area contributed by atoms with Gasteiger partial charge in [0.15, 0.2) is 0 Å². The van der Waals surface area contributed by atoms with E-state index in [-0.39, 0.29) is 0 Å². The molecule has 1 aromatic carbocycles. The van der Waals surface area contributed by atoms with Gasteiger partial charge in [0.05, 0.1) is 0 Å². The molecule has 1 N–H and O–H groups in total. The van der Waals surface area contributed by atoms with Gasteiger partial charge in [-0.3, -0.25) is 0 Å². The molecular weight excluding hydrogens is 182 g/mol. The van der Waals surface area contributed by atoms with E-state index in [9.17, 15) is 0 Å². The van der Waals surface area contributed by atoms with Gasteiger partial charge in [0, 0.05) is 18.1 Å². The zero-order valence-electron chi connectivity index (χ0n) is 7.81. The van der Waals surface area contributed by atoms with Crippen LogP contribution in [0.4, 0.5) is 0 Å². The van der Waals surface area contributed by atoms with Crippen LogP contribution in [-0.4, -0.2) is 6.54 Å². The fraction of sp³-hybridized carbons (Fsp3) is 0.273. The number of aryl methyl sites for hydroxylation is 1. The summed E-state index contributed by atoms with van der Waals surface area (Å²) in [4.78, 5) is 0. The van der Waals surface area contributed by atoms with Gasteiger partial charge in [-0.1, -0.05) is 29.8 Å². The van der Waals surface area contributed by atoms with Gasteiger partial charge in [0.1, 0.15) is 0 Å². The normalized spacial score (nSPS) is 10.0. The van der Waals surface area contributed by atoms with Crippen LogP contribution in [0.1, 0.15) is 11.1 Å². The van der Waals surface area contributed by atoms with Crippen LogP contribution in [0.2, 0.25) is 5.02 Å². The molecule has 0 atom stereocenters. The first-order valence-electron chi connectivity index (χ1n) is 4.30. The molecule has 0 aliphatic rings. The fourth-order valence-corrected chi connectivity index (χ4v) is 1.27. The molecule has 0 saturated heterocycles. The van der Waals surface area contributed by atoms with E-state index in [4.69, 9.17) is 11.6 Å². The zero-order valence-corrected chi connectivity index (χ0v) is 8.56. The molecule has 0 fully saturated rings. The van der Waals surface area contributed by atoms with Crippen molar-refractivity contribution in [3.63, 3.8) is 0 Å². The molecule has 13 heavy (non-hydrogen) atoms. The Hall–Kier alpha value is -0.790. The highest BCUT2D eigenvalue weighted by Gasteiger charge is 1.96. The van der Waals surface area contributed by atoms with Crippen LogP contribution in [0, 0.1) is 6.92 Å². The number of rotatable bonds is 4. The molecule has 0 saturated carbocycles. The van der Waals surface area contributed by atoms with Crippen LogP contribution in [0.15, 0.2) is 30.9 Å². The quantitative estimate of drug-likeness (QED) is 0.576. The minimum atomic E-state index is 0.825. The second-order valence-corrected chi connectivity index (χ2v) is 3.41. The average molecular weight is 196 g/mol. The van der Waals surface area contributed by atoms with E-state index in [1.54, 1.807) is 0 Å². The fourth-order valence-electron chi connectivity index (χ4n) is 1.06. The number of nitrogens with one attached hydrogen (secondary N) is 1. The van der Waals surface area contributed by atoms with Crippen molar-refractivity contribution in [2.24, 2.45) is 0 Å². The molecule has 0 aromatic heterocycles. The smallest absolute Gasteiger partial charge is 0.0438 e. The van der Waals surface area contributed by atoms with Crippen LogP contribution in [-0.2, 0) is 6.54 Å². The van der Waals surface area contributed by atoms with Gasteiger partial charge >= 0.3 is 0 Å². The lowest BCUT2D eigenvalue weighted by Crippen LogP contribution is -2.12. The number of benzene rings is 1. The maximum atomic E-state index is 5.98. The molecule has 1 rings (SSSR count). The van der Waals surface area contributed by atoms with E-state index in [0.717, 1.165) is 23.7 Å². The van der Waals surface area contributed by atoms with Crippen molar-refractivity contribution in [2.45, 2.75) is 13.5 Å². The molecule has 0 aliphatic carbocycles. The van der Waals surface area contributed by atoms with Gasteiger partial charge in [-0.15, -0.1) is 6.58 Å². The van der Waals surface area contributed by atoms with Gasteiger partial charge in [-0.2, -0.15) is 0 Å². The van der Waals surface area contributed by atoms with Gasteiger partial charge in [-0.25, -0.2) is 0 Å². The first-order chi connectivity index (χ1) is 6.24. The first-order valence-corrected chi connectivity index (χ1v) is 4.68. The van der Waals surface area contributed by atoms with Crippen LogP contribution in [0.3, 0.4) is 0 Å². The van der Waals surface area contributed by atoms with Gasteiger partial charge in [-0.05, 0) is 24.1 Å². The maximum Gasteiger partial charge on any atom is 0.0438 e. The Bertz CT molecular complexity index is 294. The lowest BCUT2D eigenvalue weighted by molar-refractivity contribution is 0.760. The first kappa shape index (κ1) is 10.3. The molecule has 0 heterocycles. The van der Waals surface area contributed by atoms with Crippen molar-refractivity contribution in [3.05, 3.63) is 47.0 Å². The molecule has 0 unspecified atom stereocenters. The highest BCUT2D eigenvalue weighted by atomic mass is 35.5. The molecule has 1 nitrogen and oxygen atoms in total. The van der Waals surface area contributed by atoms with Crippen molar-refractivity contribution < 1.29 is 0 Å². The second kappa shape index (κ2) is 5.05. The Labute approximate surface area is 84.4 Å². The Morgan fingerprint density at radius 3 is 2.92 bits per heavy atom. The number of hydrogen-bond acceptors (Lipinski definition) is 1. The summed E-state index contributed by atoms with van der Waals surface area (Å²) in [5.41, 5.74) is 2.33. The summed E-state index contributed by atoms with van der Waals surface area (Å²) in [6.45, 7) is 7.30. The standard InChI is InChI=1S/C11H14ClN/c1-3-6-13-8-10-5-4-9(2)11(12)7-10/h3-5,7,13H,1,6,8H2,2H3. The minimum absolute atomic E-state index is 0.825. The topological polar surface area (TPSA) is 12.0 Å². The zero-order chi connectivity index (χ0) is 9.68. The third kappa shape index (κ3) is 3.21. The second-order valence-electron chi connectivity index (χ2n) is 3.00. The highest BCUT2D eigenvalue weighted by Crippen LogP contribution is 2.16. The highest BCUT2D eigenvalue weighted by molar-refractivity contribution is 6.31. The van der Waals surface area contributed by atoms with Gasteiger partial charge in [0.2, 0.25) is 0 Å². The maximum absolute atomic E-state index is 5.98. The third-order valence-corrected chi connectivity index (χ3v) is 2.26. The van der Waals surface area contributed by atoms with E-state index in [0.29, 0.717) is 0 Å². The molecule has 70 valence electrons. The molecular formula is C11H14ClN. The van der Waals surface area contributed by atoms with Crippen LogP contribution in [0.25, 0.3) is 0 Å². The van der Waals surface area contributed by atoms with Crippen LogP contribution >= 0.6 is 11.6 Å². The molecule has 0 spiro atoms. The lowest BCUT2D eigenvalue weighted by Gasteiger charge is -2.04. The van der Waals surface area contributed by atoms with Crippen molar-refractivity contribution in [3.8, 4) is 0 Å². The minimum Gasteiger partial charge on any atom is -0.309 e. The number of halogens is 1.